The van der Waals surface area contributed by atoms with Gasteiger partial charge in [0.1, 0.15) is 0 Å². The summed E-state index contributed by atoms with van der Waals surface area (Å²) in [4.78, 5) is 14.7. The van der Waals surface area contributed by atoms with E-state index in [9.17, 15) is 10.1 Å². The fourth-order valence-corrected chi connectivity index (χ4v) is 2.76. The fourth-order valence-electron chi connectivity index (χ4n) is 2.76. The summed E-state index contributed by atoms with van der Waals surface area (Å²) in [5.41, 5.74) is 4.38. The Bertz CT molecular complexity index is 1020. The van der Waals surface area contributed by atoms with Crippen LogP contribution < -0.4 is 0 Å². The zero-order chi connectivity index (χ0) is 16.5. The van der Waals surface area contributed by atoms with E-state index >= 15 is 0 Å². The Morgan fingerprint density at radius 2 is 1.67 bits per heavy atom. The number of fused-ring (bicyclic) bond motifs is 1. The molecule has 0 unspecified atom stereocenters. The van der Waals surface area contributed by atoms with E-state index in [-0.39, 0.29) is 5.69 Å². The van der Waals surface area contributed by atoms with Crippen LogP contribution in [0.2, 0.25) is 0 Å². The van der Waals surface area contributed by atoms with Crippen molar-refractivity contribution in [2.24, 2.45) is 0 Å². The maximum Gasteiger partial charge on any atom is 0.269 e. The van der Waals surface area contributed by atoms with Gasteiger partial charge in [-0.2, -0.15) is 5.10 Å². The minimum Gasteiger partial charge on any atom is -0.275 e. The predicted octanol–water partition coefficient (Wildman–Crippen LogP) is 4.20. The molecule has 0 amide bonds. The average Bonchev–Trinajstić information content (AvgIpc) is 3.06. The number of nitrogens with one attached hydrogen (secondary N) is 1. The molecule has 0 bridgehead atoms. The number of non-ortho nitro benzene ring substituents is 1. The van der Waals surface area contributed by atoms with Gasteiger partial charge in [0.05, 0.1) is 16.0 Å². The summed E-state index contributed by atoms with van der Waals surface area (Å²) < 4.78 is 0. The SMILES string of the molecule is O=[N+]([O-])c1ccc(-c2[nH]nc3nccc(-c4ccccc4)c23)cc1. The minimum absolute atomic E-state index is 0.0592. The molecule has 0 aliphatic heterocycles. The van der Waals surface area contributed by atoms with Crippen molar-refractivity contribution in [1.29, 1.82) is 0 Å². The Labute approximate surface area is 136 Å². The number of aromatic amines is 1. The van der Waals surface area contributed by atoms with Crippen LogP contribution in [0, 0.1) is 10.1 Å². The van der Waals surface area contributed by atoms with Gasteiger partial charge in [0.25, 0.3) is 5.69 Å². The Balaban J connectivity index is 1.92. The summed E-state index contributed by atoms with van der Waals surface area (Å²) in [7, 11) is 0. The van der Waals surface area contributed by atoms with E-state index in [1.54, 1.807) is 18.3 Å². The minimum atomic E-state index is -0.411. The Morgan fingerprint density at radius 1 is 0.917 bits per heavy atom. The number of aromatic nitrogens is 3. The van der Waals surface area contributed by atoms with Gasteiger partial charge in [-0.05, 0) is 29.3 Å². The Morgan fingerprint density at radius 3 is 2.38 bits per heavy atom. The molecule has 2 aromatic heterocycles. The molecule has 0 saturated heterocycles. The predicted molar refractivity (Wildman–Crippen MR) is 91.4 cm³/mol. The number of H-pyrrole nitrogens is 1. The van der Waals surface area contributed by atoms with Crippen LogP contribution in [0.15, 0.2) is 66.9 Å². The van der Waals surface area contributed by atoms with Crippen molar-refractivity contribution in [2.45, 2.75) is 0 Å². The number of hydrogen-bond acceptors (Lipinski definition) is 4. The summed E-state index contributed by atoms with van der Waals surface area (Å²) in [6, 6.07) is 18.3. The molecular formula is C18H12N4O2. The third-order valence-electron chi connectivity index (χ3n) is 3.91. The Hall–Kier alpha value is -3.54. The highest BCUT2D eigenvalue weighted by atomic mass is 16.6. The van der Waals surface area contributed by atoms with Gasteiger partial charge in [-0.25, -0.2) is 4.98 Å². The van der Waals surface area contributed by atoms with Crippen LogP contribution in [0.25, 0.3) is 33.4 Å². The lowest BCUT2D eigenvalue weighted by Gasteiger charge is -2.05. The van der Waals surface area contributed by atoms with Gasteiger partial charge in [-0.1, -0.05) is 30.3 Å². The lowest BCUT2D eigenvalue weighted by Crippen LogP contribution is -1.88. The zero-order valence-corrected chi connectivity index (χ0v) is 12.5. The van der Waals surface area contributed by atoms with Gasteiger partial charge >= 0.3 is 0 Å². The molecule has 0 radical (unpaired) electrons. The lowest BCUT2D eigenvalue weighted by atomic mass is 10.00. The summed E-state index contributed by atoms with van der Waals surface area (Å²) in [5.74, 6) is 0. The summed E-state index contributed by atoms with van der Waals surface area (Å²) >= 11 is 0. The third kappa shape index (κ3) is 2.30. The molecule has 24 heavy (non-hydrogen) atoms. The van der Waals surface area contributed by atoms with Crippen LogP contribution in [0.1, 0.15) is 0 Å². The number of pyridine rings is 1. The number of rotatable bonds is 3. The first-order chi connectivity index (χ1) is 11.7. The van der Waals surface area contributed by atoms with Crippen molar-refractivity contribution in [3.05, 3.63) is 77.0 Å². The van der Waals surface area contributed by atoms with Gasteiger partial charge in [-0.15, -0.1) is 0 Å². The summed E-state index contributed by atoms with van der Waals surface area (Å²) in [6.45, 7) is 0. The van der Waals surface area contributed by atoms with Crippen molar-refractivity contribution in [1.82, 2.24) is 15.2 Å². The first kappa shape index (κ1) is 14.1. The molecule has 6 heteroatoms. The van der Waals surface area contributed by atoms with Crippen molar-refractivity contribution < 1.29 is 4.92 Å². The van der Waals surface area contributed by atoms with E-state index < -0.39 is 4.92 Å². The van der Waals surface area contributed by atoms with E-state index in [2.05, 4.69) is 15.2 Å². The molecule has 2 aromatic carbocycles. The van der Waals surface area contributed by atoms with Crippen LogP contribution in [0.5, 0.6) is 0 Å². The highest BCUT2D eigenvalue weighted by Crippen LogP contribution is 2.34. The highest BCUT2D eigenvalue weighted by Gasteiger charge is 2.15. The molecule has 116 valence electrons. The first-order valence-corrected chi connectivity index (χ1v) is 7.37. The molecule has 2 heterocycles. The molecule has 1 N–H and O–H groups in total. The number of nitrogens with zero attached hydrogens (tertiary/aromatic N) is 3. The fraction of sp³-hybridized carbons (Fsp3) is 0. The molecule has 0 fully saturated rings. The smallest absolute Gasteiger partial charge is 0.269 e. The first-order valence-electron chi connectivity index (χ1n) is 7.37. The zero-order valence-electron chi connectivity index (χ0n) is 12.5. The molecule has 4 rings (SSSR count). The second-order valence-corrected chi connectivity index (χ2v) is 5.33. The molecule has 0 spiro atoms. The molecule has 6 nitrogen and oxygen atoms in total. The Kier molecular flexibility index (Phi) is 3.28. The highest BCUT2D eigenvalue weighted by molar-refractivity contribution is 6.02. The van der Waals surface area contributed by atoms with Gasteiger partial charge in [-0.3, -0.25) is 15.2 Å². The normalized spacial score (nSPS) is 10.8. The number of nitro groups is 1. The second-order valence-electron chi connectivity index (χ2n) is 5.33. The molecule has 0 aliphatic rings. The third-order valence-corrected chi connectivity index (χ3v) is 3.91. The van der Waals surface area contributed by atoms with Gasteiger partial charge in [0.15, 0.2) is 5.65 Å². The van der Waals surface area contributed by atoms with Crippen LogP contribution in [0.4, 0.5) is 5.69 Å². The second kappa shape index (κ2) is 5.58. The maximum atomic E-state index is 10.8. The van der Waals surface area contributed by atoms with E-state index in [1.165, 1.54) is 12.1 Å². The molecule has 0 saturated carbocycles. The number of hydrogen-bond donors (Lipinski definition) is 1. The van der Waals surface area contributed by atoms with E-state index in [4.69, 9.17) is 0 Å². The average molecular weight is 316 g/mol. The van der Waals surface area contributed by atoms with Gasteiger partial charge in [0.2, 0.25) is 0 Å². The number of benzene rings is 2. The van der Waals surface area contributed by atoms with Gasteiger partial charge in [0, 0.05) is 23.9 Å². The molecular weight excluding hydrogens is 304 g/mol. The number of nitro benzene ring substituents is 1. The van der Waals surface area contributed by atoms with Crippen molar-refractivity contribution in [3.8, 4) is 22.4 Å². The van der Waals surface area contributed by atoms with Crippen molar-refractivity contribution in [3.63, 3.8) is 0 Å². The van der Waals surface area contributed by atoms with Gasteiger partial charge < -0.3 is 0 Å². The quantitative estimate of drug-likeness (QED) is 0.453. The van der Waals surface area contributed by atoms with E-state index in [1.807, 2.05) is 36.4 Å². The maximum absolute atomic E-state index is 10.8. The molecule has 0 aliphatic carbocycles. The van der Waals surface area contributed by atoms with Crippen LogP contribution >= 0.6 is 0 Å². The lowest BCUT2D eigenvalue weighted by molar-refractivity contribution is -0.384. The van der Waals surface area contributed by atoms with Crippen LogP contribution in [-0.2, 0) is 0 Å². The summed E-state index contributed by atoms with van der Waals surface area (Å²) in [5, 5.41) is 19.0. The van der Waals surface area contributed by atoms with E-state index in [0.29, 0.717) is 5.65 Å². The topological polar surface area (TPSA) is 84.7 Å². The molecule has 0 atom stereocenters. The monoisotopic (exact) mass is 316 g/mol. The van der Waals surface area contributed by atoms with Crippen molar-refractivity contribution in [2.75, 3.05) is 0 Å². The van der Waals surface area contributed by atoms with Crippen molar-refractivity contribution >= 4 is 16.7 Å². The largest absolute Gasteiger partial charge is 0.275 e. The molecule has 4 aromatic rings. The van der Waals surface area contributed by atoms with Crippen LogP contribution in [0.3, 0.4) is 0 Å². The van der Waals surface area contributed by atoms with Crippen LogP contribution in [-0.4, -0.2) is 20.1 Å². The standard InChI is InChI=1S/C18H12N4O2/c23-22(24)14-8-6-13(7-9-14)17-16-15(12-4-2-1-3-5-12)10-11-19-18(16)21-20-17/h1-11H,(H,19,20,21). The summed E-state index contributed by atoms with van der Waals surface area (Å²) in [6.07, 6.45) is 1.73. The van der Waals surface area contributed by atoms with E-state index in [0.717, 1.165) is 27.8 Å².